The highest BCUT2D eigenvalue weighted by Crippen LogP contribution is 2.29. The average molecular weight is 363 g/mol. The number of amides is 1. The van der Waals surface area contributed by atoms with E-state index in [2.05, 4.69) is 5.32 Å². The molecule has 3 aromatic rings. The topological polar surface area (TPSA) is 67.8 Å². The van der Waals surface area contributed by atoms with Gasteiger partial charge < -0.3 is 19.9 Å². The van der Waals surface area contributed by atoms with Gasteiger partial charge in [0.2, 0.25) is 0 Å². The number of phenols is 1. The molecule has 3 aromatic carbocycles. The predicted molar refractivity (Wildman–Crippen MR) is 104 cm³/mol. The maximum atomic E-state index is 12.5. The molecule has 0 aliphatic rings. The maximum Gasteiger partial charge on any atom is 0.255 e. The minimum absolute atomic E-state index is 0.145. The van der Waals surface area contributed by atoms with Gasteiger partial charge in [-0.2, -0.15) is 0 Å². The van der Waals surface area contributed by atoms with Gasteiger partial charge in [-0.15, -0.1) is 0 Å². The Hall–Kier alpha value is -3.47. The summed E-state index contributed by atoms with van der Waals surface area (Å²) >= 11 is 0. The molecule has 0 heterocycles. The van der Waals surface area contributed by atoms with E-state index >= 15 is 0 Å². The lowest BCUT2D eigenvalue weighted by molar-refractivity contribution is 0.102. The lowest BCUT2D eigenvalue weighted by Crippen LogP contribution is -2.12. The fraction of sp³-hybridized carbons (Fsp3) is 0.136. The number of aromatic hydroxyl groups is 1. The number of nitrogens with one attached hydrogen (secondary N) is 1. The third-order valence-corrected chi connectivity index (χ3v) is 3.87. The number of phenolic OH excluding ortho intramolecular Hbond substituents is 1. The summed E-state index contributed by atoms with van der Waals surface area (Å²) in [5.41, 5.74) is 2.10. The first-order valence-electron chi connectivity index (χ1n) is 8.69. The number of anilines is 1. The number of carbonyl (C=O) groups excluding carboxylic acids is 1. The Labute approximate surface area is 158 Å². The van der Waals surface area contributed by atoms with Gasteiger partial charge in [0, 0.05) is 11.3 Å². The van der Waals surface area contributed by atoms with Crippen molar-refractivity contribution >= 4 is 11.6 Å². The Balaban J connectivity index is 1.73. The first-order valence-corrected chi connectivity index (χ1v) is 8.69. The van der Waals surface area contributed by atoms with Crippen molar-refractivity contribution in [3.63, 3.8) is 0 Å². The van der Waals surface area contributed by atoms with E-state index in [1.54, 1.807) is 30.3 Å². The van der Waals surface area contributed by atoms with Crippen LogP contribution < -0.4 is 14.8 Å². The summed E-state index contributed by atoms with van der Waals surface area (Å²) < 4.78 is 11.5. The second-order valence-electron chi connectivity index (χ2n) is 5.87. The van der Waals surface area contributed by atoms with Crippen molar-refractivity contribution < 1.29 is 19.4 Å². The molecular formula is C22H21NO4. The van der Waals surface area contributed by atoms with Gasteiger partial charge in [-0.05, 0) is 55.0 Å². The number of hydrogen-bond acceptors (Lipinski definition) is 4. The van der Waals surface area contributed by atoms with Crippen molar-refractivity contribution in [3.05, 3.63) is 83.9 Å². The number of ether oxygens (including phenoxy) is 2. The van der Waals surface area contributed by atoms with Gasteiger partial charge in [0.25, 0.3) is 5.91 Å². The van der Waals surface area contributed by atoms with E-state index in [1.807, 2.05) is 37.3 Å². The van der Waals surface area contributed by atoms with Crippen LogP contribution in [0.4, 0.5) is 5.69 Å². The summed E-state index contributed by atoms with van der Waals surface area (Å²) in [6.07, 6.45) is 0. The van der Waals surface area contributed by atoms with Gasteiger partial charge in [-0.25, -0.2) is 0 Å². The van der Waals surface area contributed by atoms with Crippen molar-refractivity contribution in [1.29, 1.82) is 0 Å². The quantitative estimate of drug-likeness (QED) is 0.601. The second kappa shape index (κ2) is 8.76. The van der Waals surface area contributed by atoms with Crippen LogP contribution in [0.15, 0.2) is 72.8 Å². The van der Waals surface area contributed by atoms with E-state index < -0.39 is 0 Å². The molecule has 0 fully saturated rings. The zero-order valence-electron chi connectivity index (χ0n) is 15.0. The van der Waals surface area contributed by atoms with Crippen LogP contribution in [-0.2, 0) is 6.61 Å². The Morgan fingerprint density at radius 2 is 1.67 bits per heavy atom. The van der Waals surface area contributed by atoms with Crippen LogP contribution in [0.2, 0.25) is 0 Å². The van der Waals surface area contributed by atoms with Crippen molar-refractivity contribution in [3.8, 4) is 17.2 Å². The van der Waals surface area contributed by atoms with E-state index in [-0.39, 0.29) is 11.7 Å². The monoisotopic (exact) mass is 363 g/mol. The Morgan fingerprint density at radius 1 is 0.926 bits per heavy atom. The predicted octanol–water partition coefficient (Wildman–Crippen LogP) is 4.62. The Bertz CT molecular complexity index is 892. The third-order valence-electron chi connectivity index (χ3n) is 3.87. The van der Waals surface area contributed by atoms with Crippen LogP contribution in [0.1, 0.15) is 22.8 Å². The maximum absolute atomic E-state index is 12.5. The van der Waals surface area contributed by atoms with Gasteiger partial charge >= 0.3 is 0 Å². The number of carbonyl (C=O) groups is 1. The Morgan fingerprint density at radius 3 is 2.37 bits per heavy atom. The van der Waals surface area contributed by atoms with Crippen LogP contribution in [0.3, 0.4) is 0 Å². The molecule has 0 saturated heterocycles. The molecule has 0 saturated carbocycles. The molecule has 0 radical (unpaired) electrons. The van der Waals surface area contributed by atoms with Crippen LogP contribution in [0.5, 0.6) is 17.2 Å². The molecule has 0 bridgehead atoms. The summed E-state index contributed by atoms with van der Waals surface area (Å²) in [5.74, 6) is 0.983. The van der Waals surface area contributed by atoms with E-state index in [9.17, 15) is 9.90 Å². The molecular weight excluding hydrogens is 342 g/mol. The van der Waals surface area contributed by atoms with Crippen molar-refractivity contribution in [2.75, 3.05) is 11.9 Å². The number of hydrogen-bond donors (Lipinski definition) is 2. The normalized spacial score (nSPS) is 10.3. The van der Waals surface area contributed by atoms with Gasteiger partial charge in [-0.1, -0.05) is 30.3 Å². The summed E-state index contributed by atoms with van der Waals surface area (Å²) in [6.45, 7) is 2.76. The summed E-state index contributed by atoms with van der Waals surface area (Å²) in [4.78, 5) is 12.5. The van der Waals surface area contributed by atoms with E-state index in [1.165, 1.54) is 12.1 Å². The fourth-order valence-electron chi connectivity index (χ4n) is 2.52. The molecule has 5 heteroatoms. The zero-order chi connectivity index (χ0) is 19.1. The molecule has 1 amide bonds. The Kier molecular flexibility index (Phi) is 5.94. The van der Waals surface area contributed by atoms with E-state index in [0.29, 0.717) is 36.0 Å². The fourth-order valence-corrected chi connectivity index (χ4v) is 2.52. The minimum Gasteiger partial charge on any atom is -0.508 e. The first-order chi connectivity index (χ1) is 13.2. The van der Waals surface area contributed by atoms with Gasteiger partial charge in [-0.3, -0.25) is 4.79 Å². The van der Waals surface area contributed by atoms with Crippen molar-refractivity contribution in [1.82, 2.24) is 0 Å². The van der Waals surface area contributed by atoms with Gasteiger partial charge in [0.1, 0.15) is 12.4 Å². The molecule has 27 heavy (non-hydrogen) atoms. The summed E-state index contributed by atoms with van der Waals surface area (Å²) in [7, 11) is 0. The third kappa shape index (κ3) is 5.01. The van der Waals surface area contributed by atoms with Crippen LogP contribution >= 0.6 is 0 Å². The minimum atomic E-state index is -0.267. The SMILES string of the molecule is CCOc1cc(C(=O)Nc2ccc(O)cc2)ccc1OCc1ccccc1. The molecule has 0 atom stereocenters. The zero-order valence-corrected chi connectivity index (χ0v) is 15.0. The highest BCUT2D eigenvalue weighted by Gasteiger charge is 2.12. The van der Waals surface area contributed by atoms with Gasteiger partial charge in [0.05, 0.1) is 6.61 Å². The summed E-state index contributed by atoms with van der Waals surface area (Å²) in [6, 6.07) is 21.2. The smallest absolute Gasteiger partial charge is 0.255 e. The second-order valence-corrected chi connectivity index (χ2v) is 5.87. The largest absolute Gasteiger partial charge is 0.508 e. The molecule has 5 nitrogen and oxygen atoms in total. The van der Waals surface area contributed by atoms with Crippen LogP contribution in [0, 0.1) is 0 Å². The first kappa shape index (κ1) is 18.3. The van der Waals surface area contributed by atoms with E-state index in [4.69, 9.17) is 9.47 Å². The highest BCUT2D eigenvalue weighted by molar-refractivity contribution is 6.04. The number of benzene rings is 3. The summed E-state index contributed by atoms with van der Waals surface area (Å²) in [5, 5.41) is 12.1. The molecule has 0 spiro atoms. The van der Waals surface area contributed by atoms with Crippen molar-refractivity contribution in [2.24, 2.45) is 0 Å². The van der Waals surface area contributed by atoms with E-state index in [0.717, 1.165) is 5.56 Å². The highest BCUT2D eigenvalue weighted by atomic mass is 16.5. The molecule has 138 valence electrons. The molecule has 0 unspecified atom stereocenters. The standard InChI is InChI=1S/C22H21NO4/c1-2-26-21-14-17(22(25)23-18-9-11-19(24)12-10-18)8-13-20(21)27-15-16-6-4-3-5-7-16/h3-14,24H,2,15H2,1H3,(H,23,25). The van der Waals surface area contributed by atoms with Crippen LogP contribution in [0.25, 0.3) is 0 Å². The lowest BCUT2D eigenvalue weighted by atomic mass is 10.1. The lowest BCUT2D eigenvalue weighted by Gasteiger charge is -2.13. The molecule has 0 aliphatic carbocycles. The van der Waals surface area contributed by atoms with Crippen molar-refractivity contribution in [2.45, 2.75) is 13.5 Å². The van der Waals surface area contributed by atoms with Gasteiger partial charge in [0.15, 0.2) is 11.5 Å². The molecule has 2 N–H and O–H groups in total. The molecule has 0 aliphatic heterocycles. The average Bonchev–Trinajstić information content (AvgIpc) is 2.69. The van der Waals surface area contributed by atoms with Crippen LogP contribution in [-0.4, -0.2) is 17.6 Å². The number of rotatable bonds is 7. The molecule has 3 rings (SSSR count). The molecule has 0 aromatic heterocycles.